The van der Waals surface area contributed by atoms with Gasteiger partial charge in [-0.2, -0.15) is 9.49 Å². The van der Waals surface area contributed by atoms with E-state index in [4.69, 9.17) is 0 Å². The Hall–Kier alpha value is -0.130. The normalized spacial score (nSPS) is 12.1. The van der Waals surface area contributed by atoms with E-state index in [1.807, 2.05) is 43.4 Å². The minimum Gasteiger partial charge on any atom is -0.233 e. The fourth-order valence-electron chi connectivity index (χ4n) is 0.781. The van der Waals surface area contributed by atoms with Crippen molar-refractivity contribution < 1.29 is 4.39 Å². The Labute approximate surface area is 78.9 Å². The van der Waals surface area contributed by atoms with Crippen molar-refractivity contribution in [2.45, 2.75) is 26.3 Å². The fraction of sp³-hybridized carbons (Fsp3) is 0.571. The minimum absolute atomic E-state index is 0.252. The molecule has 0 aliphatic heterocycles. The molecule has 0 saturated carbocycles. The Morgan fingerprint density at radius 1 is 1.55 bits per heavy atom. The largest absolute Gasteiger partial charge is 0.233 e. The summed E-state index contributed by atoms with van der Waals surface area (Å²) in [5, 5.41) is 3.92. The zero-order chi connectivity index (χ0) is 8.65. The van der Waals surface area contributed by atoms with Crippen molar-refractivity contribution in [2.75, 3.05) is 0 Å². The van der Waals surface area contributed by atoms with Crippen molar-refractivity contribution in [3.8, 4) is 0 Å². The average Bonchev–Trinajstić information content (AvgIpc) is 2.11. The predicted molar refractivity (Wildman–Crippen MR) is 49.9 cm³/mol. The van der Waals surface area contributed by atoms with Gasteiger partial charge in [0.2, 0.25) is 5.95 Å². The maximum Gasteiger partial charge on any atom is 0.225 e. The molecule has 0 aliphatic rings. The molecule has 0 N–H and O–H groups in total. The number of halogens is 2. The van der Waals surface area contributed by atoms with Crippen LogP contribution in [0, 0.1) is 9.52 Å². The van der Waals surface area contributed by atoms with Crippen LogP contribution < -0.4 is 0 Å². The molecule has 4 heteroatoms. The molecule has 0 aromatic carbocycles. The first-order chi connectivity index (χ1) is 4.93. The van der Waals surface area contributed by atoms with Crippen LogP contribution in [0.15, 0.2) is 6.20 Å². The number of rotatable bonds is 0. The smallest absolute Gasteiger partial charge is 0.225 e. The minimum atomic E-state index is -0.270. The fourth-order valence-corrected chi connectivity index (χ4v) is 1.13. The second kappa shape index (κ2) is 2.73. The third-order valence-corrected chi connectivity index (χ3v) is 2.03. The molecule has 1 heterocycles. The highest BCUT2D eigenvalue weighted by molar-refractivity contribution is 14.1. The molecule has 2 nitrogen and oxygen atoms in total. The molecule has 0 aliphatic carbocycles. The van der Waals surface area contributed by atoms with Gasteiger partial charge in [0.05, 0.1) is 15.3 Å². The van der Waals surface area contributed by atoms with Crippen molar-refractivity contribution in [1.29, 1.82) is 0 Å². The van der Waals surface area contributed by atoms with Crippen molar-refractivity contribution in [3.05, 3.63) is 15.7 Å². The summed E-state index contributed by atoms with van der Waals surface area (Å²) in [4.78, 5) is 0. The van der Waals surface area contributed by atoms with Gasteiger partial charge in [-0.25, -0.2) is 4.68 Å². The lowest BCUT2D eigenvalue weighted by Gasteiger charge is -2.19. The maximum absolute atomic E-state index is 13.2. The summed E-state index contributed by atoms with van der Waals surface area (Å²) in [6.45, 7) is 5.75. The summed E-state index contributed by atoms with van der Waals surface area (Å²) >= 11 is 1.93. The molecule has 0 bridgehead atoms. The van der Waals surface area contributed by atoms with E-state index in [-0.39, 0.29) is 11.5 Å². The van der Waals surface area contributed by atoms with Crippen LogP contribution in [-0.4, -0.2) is 9.78 Å². The van der Waals surface area contributed by atoms with E-state index in [9.17, 15) is 4.39 Å². The van der Waals surface area contributed by atoms with Crippen molar-refractivity contribution in [1.82, 2.24) is 9.78 Å². The third-order valence-electron chi connectivity index (χ3n) is 1.30. The van der Waals surface area contributed by atoms with Gasteiger partial charge in [-0.3, -0.25) is 0 Å². The van der Waals surface area contributed by atoms with Gasteiger partial charge in [0.25, 0.3) is 0 Å². The van der Waals surface area contributed by atoms with Crippen molar-refractivity contribution >= 4 is 22.6 Å². The molecule has 0 unspecified atom stereocenters. The van der Waals surface area contributed by atoms with Gasteiger partial charge in [-0.15, -0.1) is 0 Å². The quantitative estimate of drug-likeness (QED) is 0.660. The van der Waals surface area contributed by atoms with Gasteiger partial charge in [-0.05, 0) is 43.4 Å². The summed E-state index contributed by atoms with van der Waals surface area (Å²) in [7, 11) is 0. The lowest BCUT2D eigenvalue weighted by molar-refractivity contribution is 0.298. The van der Waals surface area contributed by atoms with E-state index < -0.39 is 0 Å². The number of hydrogen-bond donors (Lipinski definition) is 0. The summed E-state index contributed by atoms with van der Waals surface area (Å²) in [6, 6.07) is 0. The monoisotopic (exact) mass is 268 g/mol. The molecule has 0 spiro atoms. The third kappa shape index (κ3) is 1.72. The van der Waals surface area contributed by atoms with Gasteiger partial charge in [-0.1, -0.05) is 0 Å². The van der Waals surface area contributed by atoms with E-state index in [2.05, 4.69) is 5.10 Å². The Morgan fingerprint density at radius 3 is 2.27 bits per heavy atom. The molecule has 11 heavy (non-hydrogen) atoms. The van der Waals surface area contributed by atoms with Crippen LogP contribution in [0.2, 0.25) is 0 Å². The van der Waals surface area contributed by atoms with Crippen LogP contribution in [0.5, 0.6) is 0 Å². The highest BCUT2D eigenvalue weighted by Gasteiger charge is 2.19. The molecule has 0 saturated heterocycles. The second-order valence-corrected chi connectivity index (χ2v) is 4.53. The summed E-state index contributed by atoms with van der Waals surface area (Å²) in [6.07, 6.45) is 1.53. The van der Waals surface area contributed by atoms with Crippen LogP contribution in [-0.2, 0) is 5.54 Å². The molecule has 0 fully saturated rings. The number of hydrogen-bond acceptors (Lipinski definition) is 1. The molecule has 0 atom stereocenters. The van der Waals surface area contributed by atoms with Gasteiger partial charge < -0.3 is 0 Å². The zero-order valence-corrected chi connectivity index (χ0v) is 8.89. The standard InChI is InChI=1S/C7H10FIN2/c1-7(2,3)11-6(8)5(9)4-10-11/h4H,1-3H3. The van der Waals surface area contributed by atoms with Gasteiger partial charge in [0, 0.05) is 0 Å². The average molecular weight is 268 g/mol. The molecule has 0 amide bonds. The van der Waals surface area contributed by atoms with Gasteiger partial charge in [0.15, 0.2) is 0 Å². The van der Waals surface area contributed by atoms with Crippen LogP contribution in [0.1, 0.15) is 20.8 Å². The van der Waals surface area contributed by atoms with Crippen molar-refractivity contribution in [3.63, 3.8) is 0 Å². The first-order valence-corrected chi connectivity index (χ1v) is 4.40. The van der Waals surface area contributed by atoms with Gasteiger partial charge >= 0.3 is 0 Å². The Kier molecular flexibility index (Phi) is 2.22. The SMILES string of the molecule is CC(C)(C)n1ncc(I)c1F. The summed E-state index contributed by atoms with van der Waals surface area (Å²) in [5.41, 5.74) is -0.270. The molecular weight excluding hydrogens is 258 g/mol. The van der Waals surface area contributed by atoms with E-state index in [0.29, 0.717) is 3.57 Å². The molecule has 1 rings (SSSR count). The molecule has 1 aromatic rings. The zero-order valence-electron chi connectivity index (χ0n) is 6.73. The molecule has 62 valence electrons. The van der Waals surface area contributed by atoms with Crippen LogP contribution >= 0.6 is 22.6 Å². The topological polar surface area (TPSA) is 17.8 Å². The van der Waals surface area contributed by atoms with E-state index in [1.165, 1.54) is 10.9 Å². The summed E-state index contributed by atoms with van der Waals surface area (Å²) in [5.74, 6) is -0.252. The van der Waals surface area contributed by atoms with Crippen LogP contribution in [0.25, 0.3) is 0 Å². The van der Waals surface area contributed by atoms with Crippen molar-refractivity contribution in [2.24, 2.45) is 0 Å². The first-order valence-electron chi connectivity index (χ1n) is 3.32. The Morgan fingerprint density at radius 2 is 2.09 bits per heavy atom. The number of nitrogens with zero attached hydrogens (tertiary/aromatic N) is 2. The van der Waals surface area contributed by atoms with E-state index in [0.717, 1.165) is 0 Å². The highest BCUT2D eigenvalue weighted by Crippen LogP contribution is 2.18. The van der Waals surface area contributed by atoms with Crippen LogP contribution in [0.4, 0.5) is 4.39 Å². The Bertz CT molecular complexity index is 262. The van der Waals surface area contributed by atoms with E-state index >= 15 is 0 Å². The molecular formula is C7H10FIN2. The highest BCUT2D eigenvalue weighted by atomic mass is 127. The van der Waals surface area contributed by atoms with Gasteiger partial charge in [0.1, 0.15) is 0 Å². The maximum atomic E-state index is 13.2. The molecule has 1 aromatic heterocycles. The predicted octanol–water partition coefficient (Wildman–Crippen LogP) is 2.38. The lowest BCUT2D eigenvalue weighted by Crippen LogP contribution is -2.24. The lowest BCUT2D eigenvalue weighted by atomic mass is 10.1. The van der Waals surface area contributed by atoms with Crippen LogP contribution in [0.3, 0.4) is 0 Å². The number of aromatic nitrogens is 2. The first kappa shape index (κ1) is 8.96. The second-order valence-electron chi connectivity index (χ2n) is 3.37. The van der Waals surface area contributed by atoms with E-state index in [1.54, 1.807) is 0 Å². The summed E-state index contributed by atoms with van der Waals surface area (Å²) < 4.78 is 15.1. The molecule has 0 radical (unpaired) electrons. The Balaban J connectivity index is 3.15.